The van der Waals surface area contributed by atoms with Crippen LogP contribution in [0.1, 0.15) is 136 Å². The van der Waals surface area contributed by atoms with E-state index in [1.54, 1.807) is 6.92 Å². The van der Waals surface area contributed by atoms with Crippen LogP contribution in [0.25, 0.3) is 0 Å². The predicted octanol–water partition coefficient (Wildman–Crippen LogP) is 8.45. The molecule has 1 N–H and O–H groups in total. The van der Waals surface area contributed by atoms with Crippen molar-refractivity contribution in [3.05, 3.63) is 11.1 Å². The molecule has 0 rings (SSSR count). The number of carbonyl (C=O) groups is 1. The van der Waals surface area contributed by atoms with Gasteiger partial charge in [-0.25, -0.2) is 4.79 Å². The molecule has 0 bridgehead atoms. The smallest absolute Gasteiger partial charge is 0.331 e. The average molecular weight is 367 g/mol. The van der Waals surface area contributed by atoms with Gasteiger partial charge in [0.2, 0.25) is 0 Å². The highest BCUT2D eigenvalue weighted by Gasteiger charge is 2.07. The fourth-order valence-corrected chi connectivity index (χ4v) is 3.67. The molecule has 0 spiro atoms. The molecule has 2 nitrogen and oxygen atoms in total. The standard InChI is InChI=1S/C24H46O2/c1-4-6-7-8-9-10-11-12-13-14-15-16-17-18-19-20-21-23(5-2)22(3)24(25)26/h4-21H2,1-3H3,(H,25,26)/b23-22-. The van der Waals surface area contributed by atoms with Crippen LogP contribution in [0.5, 0.6) is 0 Å². The molecule has 0 saturated heterocycles. The van der Waals surface area contributed by atoms with Gasteiger partial charge in [-0.05, 0) is 26.2 Å². The molecule has 0 aliphatic carbocycles. The Labute approximate surface area is 163 Å². The first-order chi connectivity index (χ1) is 12.6. The summed E-state index contributed by atoms with van der Waals surface area (Å²) < 4.78 is 0. The van der Waals surface area contributed by atoms with Gasteiger partial charge < -0.3 is 5.11 Å². The highest BCUT2D eigenvalue weighted by molar-refractivity contribution is 5.86. The van der Waals surface area contributed by atoms with E-state index in [0.29, 0.717) is 5.57 Å². The minimum Gasteiger partial charge on any atom is -0.478 e. The minimum atomic E-state index is -0.752. The monoisotopic (exact) mass is 366 g/mol. The normalized spacial score (nSPS) is 12.3. The van der Waals surface area contributed by atoms with Crippen molar-refractivity contribution in [2.24, 2.45) is 0 Å². The lowest BCUT2D eigenvalue weighted by atomic mass is 9.99. The third-order valence-corrected chi connectivity index (χ3v) is 5.61. The SMILES string of the molecule is CCCCCCCCCCCCCCCCCC/C(CC)=C(/C)C(=O)O. The molecular formula is C24H46O2. The molecule has 0 fully saturated rings. The number of unbranched alkanes of at least 4 members (excludes halogenated alkanes) is 15. The summed E-state index contributed by atoms with van der Waals surface area (Å²) in [4.78, 5) is 11.0. The number of allylic oxidation sites excluding steroid dienone is 1. The van der Waals surface area contributed by atoms with Gasteiger partial charge in [-0.1, -0.05) is 116 Å². The summed E-state index contributed by atoms with van der Waals surface area (Å²) in [5.74, 6) is -0.752. The maximum Gasteiger partial charge on any atom is 0.331 e. The van der Waals surface area contributed by atoms with Crippen molar-refractivity contribution in [1.29, 1.82) is 0 Å². The Morgan fingerprint density at radius 2 is 0.962 bits per heavy atom. The Balaban J connectivity index is 3.32. The van der Waals surface area contributed by atoms with Crippen molar-refractivity contribution < 1.29 is 9.90 Å². The van der Waals surface area contributed by atoms with Crippen molar-refractivity contribution in [1.82, 2.24) is 0 Å². The Morgan fingerprint density at radius 3 is 1.27 bits per heavy atom. The van der Waals surface area contributed by atoms with E-state index in [4.69, 9.17) is 5.11 Å². The van der Waals surface area contributed by atoms with Crippen molar-refractivity contribution in [2.45, 2.75) is 136 Å². The fraction of sp³-hybridized carbons (Fsp3) is 0.875. The summed E-state index contributed by atoms with van der Waals surface area (Å²) in [6, 6.07) is 0. The van der Waals surface area contributed by atoms with Crippen molar-refractivity contribution in [2.75, 3.05) is 0 Å². The van der Waals surface area contributed by atoms with Crippen LogP contribution in [0.3, 0.4) is 0 Å². The van der Waals surface area contributed by atoms with E-state index >= 15 is 0 Å². The lowest BCUT2D eigenvalue weighted by Crippen LogP contribution is -2.01. The Morgan fingerprint density at radius 1 is 0.615 bits per heavy atom. The van der Waals surface area contributed by atoms with Gasteiger partial charge in [-0.3, -0.25) is 0 Å². The molecule has 0 aromatic heterocycles. The van der Waals surface area contributed by atoms with Crippen LogP contribution in [0, 0.1) is 0 Å². The first-order valence-electron chi connectivity index (χ1n) is 11.5. The lowest BCUT2D eigenvalue weighted by molar-refractivity contribution is -0.132. The van der Waals surface area contributed by atoms with E-state index < -0.39 is 5.97 Å². The Hall–Kier alpha value is -0.790. The van der Waals surface area contributed by atoms with Gasteiger partial charge in [0.05, 0.1) is 0 Å². The molecule has 0 saturated carbocycles. The van der Waals surface area contributed by atoms with E-state index in [-0.39, 0.29) is 0 Å². The number of hydrogen-bond donors (Lipinski definition) is 1. The zero-order valence-electron chi connectivity index (χ0n) is 18.1. The van der Waals surface area contributed by atoms with Crippen LogP contribution in [0.4, 0.5) is 0 Å². The van der Waals surface area contributed by atoms with Crippen LogP contribution in [0.2, 0.25) is 0 Å². The van der Waals surface area contributed by atoms with Crippen molar-refractivity contribution >= 4 is 5.97 Å². The number of rotatable bonds is 19. The third-order valence-electron chi connectivity index (χ3n) is 5.61. The topological polar surface area (TPSA) is 37.3 Å². The molecular weight excluding hydrogens is 320 g/mol. The van der Waals surface area contributed by atoms with Crippen LogP contribution in [-0.2, 0) is 4.79 Å². The quantitative estimate of drug-likeness (QED) is 0.184. The van der Waals surface area contributed by atoms with E-state index in [1.807, 2.05) is 0 Å². The summed E-state index contributed by atoms with van der Waals surface area (Å²) in [6.07, 6.45) is 23.9. The second-order valence-corrected chi connectivity index (χ2v) is 7.94. The van der Waals surface area contributed by atoms with Crippen LogP contribution in [0.15, 0.2) is 11.1 Å². The fourth-order valence-electron chi connectivity index (χ4n) is 3.67. The molecule has 0 atom stereocenters. The lowest BCUT2D eigenvalue weighted by Gasteiger charge is -2.07. The summed E-state index contributed by atoms with van der Waals surface area (Å²) in [5.41, 5.74) is 1.69. The van der Waals surface area contributed by atoms with Crippen molar-refractivity contribution in [3.8, 4) is 0 Å². The first-order valence-corrected chi connectivity index (χ1v) is 11.5. The largest absolute Gasteiger partial charge is 0.478 e. The summed E-state index contributed by atoms with van der Waals surface area (Å²) in [7, 11) is 0. The van der Waals surface area contributed by atoms with Crippen LogP contribution >= 0.6 is 0 Å². The number of aliphatic carboxylic acids is 1. The van der Waals surface area contributed by atoms with E-state index in [0.717, 1.165) is 24.8 Å². The molecule has 0 aliphatic heterocycles. The maximum atomic E-state index is 11.0. The van der Waals surface area contributed by atoms with Gasteiger partial charge in [0.1, 0.15) is 0 Å². The number of carboxylic acid groups (broad SMARTS) is 1. The predicted molar refractivity (Wildman–Crippen MR) is 115 cm³/mol. The first kappa shape index (κ1) is 25.2. The molecule has 154 valence electrons. The van der Waals surface area contributed by atoms with Gasteiger partial charge in [0, 0.05) is 5.57 Å². The Kier molecular flexibility index (Phi) is 18.4. The molecule has 26 heavy (non-hydrogen) atoms. The zero-order valence-corrected chi connectivity index (χ0v) is 18.1. The molecule has 0 radical (unpaired) electrons. The van der Waals surface area contributed by atoms with Crippen LogP contribution < -0.4 is 0 Å². The van der Waals surface area contributed by atoms with E-state index in [9.17, 15) is 4.79 Å². The van der Waals surface area contributed by atoms with E-state index in [2.05, 4.69) is 13.8 Å². The van der Waals surface area contributed by atoms with Gasteiger partial charge in [0.25, 0.3) is 0 Å². The van der Waals surface area contributed by atoms with Gasteiger partial charge in [-0.15, -0.1) is 0 Å². The highest BCUT2D eigenvalue weighted by atomic mass is 16.4. The highest BCUT2D eigenvalue weighted by Crippen LogP contribution is 2.18. The van der Waals surface area contributed by atoms with E-state index in [1.165, 1.54) is 96.3 Å². The Bertz CT molecular complexity index is 357. The molecule has 0 aromatic rings. The van der Waals surface area contributed by atoms with Crippen molar-refractivity contribution in [3.63, 3.8) is 0 Å². The number of carboxylic acids is 1. The van der Waals surface area contributed by atoms with Gasteiger partial charge in [0.15, 0.2) is 0 Å². The van der Waals surface area contributed by atoms with Gasteiger partial charge >= 0.3 is 5.97 Å². The summed E-state index contributed by atoms with van der Waals surface area (Å²) in [5, 5.41) is 9.06. The zero-order chi connectivity index (χ0) is 19.5. The van der Waals surface area contributed by atoms with Crippen LogP contribution in [-0.4, -0.2) is 11.1 Å². The second kappa shape index (κ2) is 19.0. The number of hydrogen-bond acceptors (Lipinski definition) is 1. The molecule has 0 amide bonds. The average Bonchev–Trinajstić information content (AvgIpc) is 2.64. The molecule has 0 heterocycles. The summed E-state index contributed by atoms with van der Waals surface area (Å²) >= 11 is 0. The molecule has 0 aromatic carbocycles. The molecule has 0 unspecified atom stereocenters. The molecule has 2 heteroatoms. The maximum absolute atomic E-state index is 11.0. The molecule has 0 aliphatic rings. The summed E-state index contributed by atoms with van der Waals surface area (Å²) in [6.45, 7) is 6.09. The minimum absolute atomic E-state index is 0.563. The van der Waals surface area contributed by atoms with Gasteiger partial charge in [-0.2, -0.15) is 0 Å². The third kappa shape index (κ3) is 15.5. The second-order valence-electron chi connectivity index (χ2n) is 7.94.